The van der Waals surface area contributed by atoms with E-state index in [1.54, 1.807) is 22.9 Å². The van der Waals surface area contributed by atoms with Crippen LogP contribution < -0.4 is 10.5 Å². The monoisotopic (exact) mass is 368 g/mol. The fourth-order valence-corrected chi connectivity index (χ4v) is 3.02. The molecule has 0 fully saturated rings. The van der Waals surface area contributed by atoms with Gasteiger partial charge in [0.05, 0.1) is 10.9 Å². The fraction of sp³-hybridized carbons (Fsp3) is 0.0870. The van der Waals surface area contributed by atoms with E-state index in [1.807, 2.05) is 68.7 Å². The summed E-state index contributed by atoms with van der Waals surface area (Å²) in [7, 11) is 4.02. The van der Waals surface area contributed by atoms with E-state index in [0.29, 0.717) is 22.5 Å². The molecule has 138 valence electrons. The molecule has 0 spiro atoms. The molecular weight excluding hydrogens is 348 g/mol. The van der Waals surface area contributed by atoms with Gasteiger partial charge in [-0.1, -0.05) is 36.4 Å². The van der Waals surface area contributed by atoms with Crippen LogP contribution in [0.5, 0.6) is 0 Å². The largest absolute Gasteiger partial charge is 0.378 e. The first-order valence-electron chi connectivity index (χ1n) is 9.02. The number of hydrogen-bond donors (Lipinski definition) is 0. The average Bonchev–Trinajstić information content (AvgIpc) is 2.73. The zero-order chi connectivity index (χ0) is 19.5. The minimum atomic E-state index is -0.132. The summed E-state index contributed by atoms with van der Waals surface area (Å²) in [5.74, 6) is 1.09. The van der Waals surface area contributed by atoms with Crippen molar-refractivity contribution in [2.75, 3.05) is 19.0 Å². The zero-order valence-corrected chi connectivity index (χ0v) is 15.8. The fourth-order valence-electron chi connectivity index (χ4n) is 3.02. The highest BCUT2D eigenvalue weighted by Gasteiger charge is 2.11. The molecule has 0 unspecified atom stereocenters. The first kappa shape index (κ1) is 17.7. The van der Waals surface area contributed by atoms with Crippen LogP contribution in [0.2, 0.25) is 0 Å². The van der Waals surface area contributed by atoms with Gasteiger partial charge in [-0.25, -0.2) is 14.5 Å². The normalized spacial score (nSPS) is 11.2. The summed E-state index contributed by atoms with van der Waals surface area (Å²) in [6.45, 7) is 0. The van der Waals surface area contributed by atoms with Crippen LogP contribution in [0.1, 0.15) is 11.4 Å². The Morgan fingerprint density at radius 1 is 0.893 bits per heavy atom. The molecule has 5 nitrogen and oxygen atoms in total. The molecule has 0 aliphatic heterocycles. The van der Waals surface area contributed by atoms with Crippen molar-refractivity contribution in [3.05, 3.63) is 94.7 Å². The third-order valence-electron chi connectivity index (χ3n) is 4.51. The zero-order valence-electron chi connectivity index (χ0n) is 15.8. The number of benzene rings is 2. The van der Waals surface area contributed by atoms with Gasteiger partial charge < -0.3 is 4.90 Å². The van der Waals surface area contributed by atoms with E-state index in [9.17, 15) is 4.79 Å². The molecule has 0 atom stereocenters. The molecule has 0 bridgehead atoms. The molecule has 2 aromatic carbocycles. The van der Waals surface area contributed by atoms with Crippen LogP contribution in [-0.2, 0) is 0 Å². The predicted molar refractivity (Wildman–Crippen MR) is 115 cm³/mol. The highest BCUT2D eigenvalue weighted by Crippen LogP contribution is 2.16. The van der Waals surface area contributed by atoms with Crippen LogP contribution in [0.3, 0.4) is 0 Å². The molecule has 0 amide bonds. The molecule has 28 heavy (non-hydrogen) atoms. The van der Waals surface area contributed by atoms with Crippen LogP contribution in [0, 0.1) is 0 Å². The number of anilines is 1. The minimum absolute atomic E-state index is 0.132. The van der Waals surface area contributed by atoms with Crippen molar-refractivity contribution >= 4 is 28.7 Å². The van der Waals surface area contributed by atoms with E-state index in [4.69, 9.17) is 4.98 Å². The van der Waals surface area contributed by atoms with E-state index in [2.05, 4.69) is 22.0 Å². The van der Waals surface area contributed by atoms with Gasteiger partial charge in [0, 0.05) is 26.0 Å². The Kier molecular flexibility index (Phi) is 4.72. The number of nitrogens with zero attached hydrogens (tertiary/aromatic N) is 4. The van der Waals surface area contributed by atoms with Gasteiger partial charge in [-0.3, -0.25) is 4.79 Å². The Morgan fingerprint density at radius 2 is 1.64 bits per heavy atom. The molecule has 0 radical (unpaired) electrons. The summed E-state index contributed by atoms with van der Waals surface area (Å²) in [6.07, 6.45) is 5.48. The lowest BCUT2D eigenvalue weighted by Gasteiger charge is -2.12. The Morgan fingerprint density at radius 3 is 2.36 bits per heavy atom. The van der Waals surface area contributed by atoms with Crippen molar-refractivity contribution in [1.29, 1.82) is 0 Å². The van der Waals surface area contributed by atoms with Crippen molar-refractivity contribution in [1.82, 2.24) is 14.5 Å². The smallest absolute Gasteiger partial charge is 0.267 e. The van der Waals surface area contributed by atoms with Gasteiger partial charge in [-0.15, -0.1) is 0 Å². The Hall–Kier alpha value is -3.73. The SMILES string of the molecule is CN(C)c1ccc(C=Cc2nc3ccccc3c(=O)n2-c2ccccn2)cc1. The van der Waals surface area contributed by atoms with Crippen molar-refractivity contribution in [2.45, 2.75) is 0 Å². The van der Waals surface area contributed by atoms with Crippen LogP contribution in [0.4, 0.5) is 5.69 Å². The predicted octanol–water partition coefficient (Wildman–Crippen LogP) is 4.02. The average molecular weight is 368 g/mol. The van der Waals surface area contributed by atoms with E-state index >= 15 is 0 Å². The summed E-state index contributed by atoms with van der Waals surface area (Å²) >= 11 is 0. The van der Waals surface area contributed by atoms with Crippen molar-refractivity contribution in [3.63, 3.8) is 0 Å². The van der Waals surface area contributed by atoms with E-state index in [0.717, 1.165) is 11.3 Å². The first-order chi connectivity index (χ1) is 13.6. The maximum absolute atomic E-state index is 13.1. The molecular formula is C23H20N4O. The molecule has 4 aromatic rings. The van der Waals surface area contributed by atoms with Gasteiger partial charge in [0.15, 0.2) is 0 Å². The summed E-state index contributed by atoms with van der Waals surface area (Å²) in [5, 5.41) is 0.570. The number of para-hydroxylation sites is 1. The van der Waals surface area contributed by atoms with Crippen molar-refractivity contribution in [3.8, 4) is 5.82 Å². The van der Waals surface area contributed by atoms with Gasteiger partial charge in [-0.2, -0.15) is 0 Å². The van der Waals surface area contributed by atoms with E-state index < -0.39 is 0 Å². The molecule has 0 saturated carbocycles. The third-order valence-corrected chi connectivity index (χ3v) is 4.51. The number of fused-ring (bicyclic) bond motifs is 1. The Balaban J connectivity index is 1.84. The quantitative estimate of drug-likeness (QED) is 0.546. The van der Waals surface area contributed by atoms with Gasteiger partial charge in [-0.05, 0) is 48.0 Å². The highest BCUT2D eigenvalue weighted by atomic mass is 16.1. The van der Waals surface area contributed by atoms with Crippen molar-refractivity contribution < 1.29 is 0 Å². The topological polar surface area (TPSA) is 51.0 Å². The van der Waals surface area contributed by atoms with E-state index in [-0.39, 0.29) is 5.56 Å². The number of pyridine rings is 1. The summed E-state index contributed by atoms with van der Waals surface area (Å²) < 4.78 is 1.55. The summed E-state index contributed by atoms with van der Waals surface area (Å²) in [4.78, 5) is 24.2. The number of rotatable bonds is 4. The summed E-state index contributed by atoms with van der Waals surface area (Å²) in [5.41, 5.74) is 2.70. The summed E-state index contributed by atoms with van der Waals surface area (Å²) in [6, 6.07) is 21.0. The lowest BCUT2D eigenvalue weighted by atomic mass is 10.2. The molecule has 0 aliphatic carbocycles. The highest BCUT2D eigenvalue weighted by molar-refractivity contribution is 5.80. The Labute approximate surface area is 163 Å². The van der Waals surface area contributed by atoms with Crippen LogP contribution in [-0.4, -0.2) is 28.6 Å². The van der Waals surface area contributed by atoms with Gasteiger partial charge in [0.25, 0.3) is 5.56 Å². The van der Waals surface area contributed by atoms with Gasteiger partial charge in [0.2, 0.25) is 0 Å². The number of hydrogen-bond acceptors (Lipinski definition) is 4. The van der Waals surface area contributed by atoms with Crippen LogP contribution in [0.15, 0.2) is 77.7 Å². The van der Waals surface area contributed by atoms with Crippen LogP contribution in [0.25, 0.3) is 28.9 Å². The first-order valence-corrected chi connectivity index (χ1v) is 9.02. The Bertz CT molecular complexity index is 1190. The molecule has 0 aliphatic rings. The van der Waals surface area contributed by atoms with Crippen LogP contribution >= 0.6 is 0 Å². The second-order valence-corrected chi connectivity index (χ2v) is 6.63. The molecule has 2 aromatic heterocycles. The number of aromatic nitrogens is 3. The maximum Gasteiger partial charge on any atom is 0.267 e. The van der Waals surface area contributed by atoms with Crippen molar-refractivity contribution in [2.24, 2.45) is 0 Å². The minimum Gasteiger partial charge on any atom is -0.378 e. The van der Waals surface area contributed by atoms with Gasteiger partial charge >= 0.3 is 0 Å². The second kappa shape index (κ2) is 7.48. The standard InChI is InChI=1S/C23H20N4O/c1-26(2)18-13-10-17(11-14-18)12-15-22-25-20-8-4-3-7-19(20)23(28)27(22)21-9-5-6-16-24-21/h3-16H,1-2H3. The van der Waals surface area contributed by atoms with E-state index in [1.165, 1.54) is 0 Å². The third kappa shape index (κ3) is 3.42. The molecule has 0 saturated heterocycles. The molecule has 4 rings (SSSR count). The molecule has 2 heterocycles. The molecule has 5 heteroatoms. The van der Waals surface area contributed by atoms with Gasteiger partial charge in [0.1, 0.15) is 11.6 Å². The maximum atomic E-state index is 13.1. The second-order valence-electron chi connectivity index (χ2n) is 6.63. The molecule has 0 N–H and O–H groups in total. The lowest BCUT2D eigenvalue weighted by Crippen LogP contribution is -2.23. The lowest BCUT2D eigenvalue weighted by molar-refractivity contribution is 0.905.